The maximum atomic E-state index is 9.42. The third-order valence-corrected chi connectivity index (χ3v) is 3.77. The molecular formula is C10H18O2. The molecule has 0 aromatic rings. The Labute approximate surface area is 73.9 Å². The zero-order valence-corrected chi connectivity index (χ0v) is 7.59. The van der Waals surface area contributed by atoms with Crippen LogP contribution in [-0.4, -0.2) is 24.9 Å². The molecule has 1 saturated heterocycles. The number of hydrogen-bond acceptors (Lipinski definition) is 2. The standard InChI is InChI=1S/C10H18O2/c11-8-10(9-2-1-3-9)4-6-12-7-5-10/h9,11H,1-8H2. The maximum Gasteiger partial charge on any atom is 0.0491 e. The first kappa shape index (κ1) is 8.52. The van der Waals surface area contributed by atoms with Crippen LogP contribution in [-0.2, 0) is 4.74 Å². The second kappa shape index (κ2) is 3.35. The minimum Gasteiger partial charge on any atom is -0.396 e. The van der Waals surface area contributed by atoms with E-state index in [-0.39, 0.29) is 5.41 Å². The predicted octanol–water partition coefficient (Wildman–Crippen LogP) is 1.58. The lowest BCUT2D eigenvalue weighted by Crippen LogP contribution is -2.42. The fraction of sp³-hybridized carbons (Fsp3) is 1.00. The molecule has 0 radical (unpaired) electrons. The fourth-order valence-corrected chi connectivity index (χ4v) is 2.49. The van der Waals surface area contributed by atoms with E-state index in [1.54, 1.807) is 0 Å². The van der Waals surface area contributed by atoms with E-state index in [2.05, 4.69) is 0 Å². The van der Waals surface area contributed by atoms with Gasteiger partial charge in [0.05, 0.1) is 0 Å². The van der Waals surface area contributed by atoms with Gasteiger partial charge < -0.3 is 9.84 Å². The zero-order valence-electron chi connectivity index (χ0n) is 7.59. The molecular weight excluding hydrogens is 152 g/mol. The van der Waals surface area contributed by atoms with Crippen LogP contribution in [0.15, 0.2) is 0 Å². The quantitative estimate of drug-likeness (QED) is 0.681. The Balaban J connectivity index is 2.00. The maximum absolute atomic E-state index is 9.42. The molecule has 0 amide bonds. The molecule has 0 atom stereocenters. The van der Waals surface area contributed by atoms with E-state index < -0.39 is 0 Å². The molecule has 0 bridgehead atoms. The Kier molecular flexibility index (Phi) is 2.37. The van der Waals surface area contributed by atoms with Gasteiger partial charge in [0.2, 0.25) is 0 Å². The first-order valence-corrected chi connectivity index (χ1v) is 5.06. The lowest BCUT2D eigenvalue weighted by atomic mass is 9.62. The van der Waals surface area contributed by atoms with Crippen molar-refractivity contribution in [3.63, 3.8) is 0 Å². The highest BCUT2D eigenvalue weighted by Gasteiger charge is 2.42. The van der Waals surface area contributed by atoms with Crippen LogP contribution < -0.4 is 0 Å². The minimum absolute atomic E-state index is 0.247. The van der Waals surface area contributed by atoms with Gasteiger partial charge in [-0.25, -0.2) is 0 Å². The molecule has 2 fully saturated rings. The molecule has 1 N–H and O–H groups in total. The summed E-state index contributed by atoms with van der Waals surface area (Å²) in [6.07, 6.45) is 6.19. The molecule has 2 rings (SSSR count). The van der Waals surface area contributed by atoms with Crippen LogP contribution in [0.1, 0.15) is 32.1 Å². The van der Waals surface area contributed by atoms with Crippen LogP contribution in [0.2, 0.25) is 0 Å². The van der Waals surface area contributed by atoms with Gasteiger partial charge in [-0.15, -0.1) is 0 Å². The summed E-state index contributed by atoms with van der Waals surface area (Å²) in [6, 6.07) is 0. The summed E-state index contributed by atoms with van der Waals surface area (Å²) in [6.45, 7) is 2.09. The van der Waals surface area contributed by atoms with Gasteiger partial charge in [0.1, 0.15) is 0 Å². The minimum atomic E-state index is 0.247. The average molecular weight is 170 g/mol. The van der Waals surface area contributed by atoms with Crippen LogP contribution in [0.5, 0.6) is 0 Å². The molecule has 1 heterocycles. The van der Waals surface area contributed by atoms with E-state index in [9.17, 15) is 5.11 Å². The number of hydrogen-bond donors (Lipinski definition) is 1. The summed E-state index contributed by atoms with van der Waals surface area (Å²) in [5.74, 6) is 0.798. The number of rotatable bonds is 2. The monoisotopic (exact) mass is 170 g/mol. The SMILES string of the molecule is OCC1(C2CCC2)CCOCC1. The Morgan fingerprint density at radius 3 is 2.33 bits per heavy atom. The molecule has 1 aliphatic carbocycles. The van der Waals surface area contributed by atoms with Gasteiger partial charge in [-0.1, -0.05) is 6.42 Å². The Morgan fingerprint density at radius 1 is 1.25 bits per heavy atom. The largest absolute Gasteiger partial charge is 0.396 e. The van der Waals surface area contributed by atoms with Gasteiger partial charge in [0.15, 0.2) is 0 Å². The highest BCUT2D eigenvalue weighted by Crippen LogP contribution is 2.47. The second-order valence-electron chi connectivity index (χ2n) is 4.26. The smallest absolute Gasteiger partial charge is 0.0491 e. The highest BCUT2D eigenvalue weighted by molar-refractivity contribution is 4.91. The molecule has 2 aliphatic rings. The number of aliphatic hydroxyl groups excluding tert-OH is 1. The molecule has 2 nitrogen and oxygen atoms in total. The lowest BCUT2D eigenvalue weighted by molar-refractivity contribution is -0.0710. The van der Waals surface area contributed by atoms with Crippen LogP contribution >= 0.6 is 0 Å². The molecule has 0 aromatic carbocycles. The van der Waals surface area contributed by atoms with Gasteiger partial charge in [-0.2, -0.15) is 0 Å². The third kappa shape index (κ3) is 1.27. The Hall–Kier alpha value is -0.0800. The first-order chi connectivity index (χ1) is 5.87. The van der Waals surface area contributed by atoms with Crippen molar-refractivity contribution < 1.29 is 9.84 Å². The predicted molar refractivity (Wildman–Crippen MR) is 46.9 cm³/mol. The molecule has 12 heavy (non-hydrogen) atoms. The highest BCUT2D eigenvalue weighted by atomic mass is 16.5. The molecule has 1 aliphatic heterocycles. The lowest BCUT2D eigenvalue weighted by Gasteiger charge is -2.46. The fourth-order valence-electron chi connectivity index (χ4n) is 2.49. The molecule has 0 unspecified atom stereocenters. The number of ether oxygens (including phenoxy) is 1. The van der Waals surface area contributed by atoms with E-state index in [0.29, 0.717) is 6.61 Å². The van der Waals surface area contributed by atoms with Crippen LogP contribution in [0, 0.1) is 11.3 Å². The summed E-state index contributed by atoms with van der Waals surface area (Å²) in [5, 5.41) is 9.42. The van der Waals surface area contributed by atoms with Crippen LogP contribution in [0.4, 0.5) is 0 Å². The van der Waals surface area contributed by atoms with Gasteiger partial charge in [0.25, 0.3) is 0 Å². The number of aliphatic hydroxyl groups is 1. The zero-order chi connectivity index (χ0) is 8.44. The molecule has 1 saturated carbocycles. The van der Waals surface area contributed by atoms with Gasteiger partial charge in [0, 0.05) is 25.2 Å². The Bertz CT molecular complexity index is 146. The molecule has 2 heteroatoms. The van der Waals surface area contributed by atoms with Gasteiger partial charge in [-0.05, 0) is 31.6 Å². The van der Waals surface area contributed by atoms with E-state index in [4.69, 9.17) is 4.74 Å². The summed E-state index contributed by atoms with van der Waals surface area (Å²) in [4.78, 5) is 0. The molecule has 0 aromatic heterocycles. The summed E-state index contributed by atoms with van der Waals surface area (Å²) < 4.78 is 5.33. The van der Waals surface area contributed by atoms with Crippen molar-refractivity contribution in [1.29, 1.82) is 0 Å². The Morgan fingerprint density at radius 2 is 1.92 bits per heavy atom. The van der Waals surface area contributed by atoms with Crippen molar-refractivity contribution in [1.82, 2.24) is 0 Å². The van der Waals surface area contributed by atoms with Crippen LogP contribution in [0.25, 0.3) is 0 Å². The summed E-state index contributed by atoms with van der Waals surface area (Å²) in [5.41, 5.74) is 0.247. The topological polar surface area (TPSA) is 29.5 Å². The van der Waals surface area contributed by atoms with Crippen molar-refractivity contribution in [2.24, 2.45) is 11.3 Å². The van der Waals surface area contributed by atoms with Crippen molar-refractivity contribution in [2.45, 2.75) is 32.1 Å². The second-order valence-corrected chi connectivity index (χ2v) is 4.26. The van der Waals surface area contributed by atoms with Crippen molar-refractivity contribution in [3.8, 4) is 0 Å². The molecule has 0 spiro atoms. The summed E-state index contributed by atoms with van der Waals surface area (Å²) in [7, 11) is 0. The van der Waals surface area contributed by atoms with E-state index >= 15 is 0 Å². The van der Waals surface area contributed by atoms with Gasteiger partial charge >= 0.3 is 0 Å². The third-order valence-electron chi connectivity index (χ3n) is 3.77. The van der Waals surface area contributed by atoms with Crippen molar-refractivity contribution in [2.75, 3.05) is 19.8 Å². The normalized spacial score (nSPS) is 29.8. The van der Waals surface area contributed by atoms with Crippen molar-refractivity contribution in [3.05, 3.63) is 0 Å². The van der Waals surface area contributed by atoms with E-state index in [1.165, 1.54) is 19.3 Å². The first-order valence-electron chi connectivity index (χ1n) is 5.06. The van der Waals surface area contributed by atoms with E-state index in [1.807, 2.05) is 0 Å². The van der Waals surface area contributed by atoms with Gasteiger partial charge in [-0.3, -0.25) is 0 Å². The van der Waals surface area contributed by atoms with E-state index in [0.717, 1.165) is 32.0 Å². The van der Waals surface area contributed by atoms with Crippen molar-refractivity contribution >= 4 is 0 Å². The molecule has 70 valence electrons. The summed E-state index contributed by atoms with van der Waals surface area (Å²) >= 11 is 0. The van der Waals surface area contributed by atoms with Crippen LogP contribution in [0.3, 0.4) is 0 Å². The average Bonchev–Trinajstić information content (AvgIpc) is 2.03.